The van der Waals surface area contributed by atoms with E-state index in [2.05, 4.69) is 39.2 Å². The van der Waals surface area contributed by atoms with Crippen molar-refractivity contribution in [1.82, 2.24) is 14.9 Å². The third-order valence-electron chi connectivity index (χ3n) is 3.16. The molecular formula is C14H18BrN3O. The van der Waals surface area contributed by atoms with Gasteiger partial charge in [0.25, 0.3) is 0 Å². The van der Waals surface area contributed by atoms with Gasteiger partial charge in [0.2, 0.25) is 0 Å². The Labute approximate surface area is 121 Å². The highest BCUT2D eigenvalue weighted by Crippen LogP contribution is 2.29. The highest BCUT2D eigenvalue weighted by Gasteiger charge is 2.11. The van der Waals surface area contributed by atoms with Crippen molar-refractivity contribution in [3.63, 3.8) is 0 Å². The molecule has 1 unspecified atom stereocenters. The number of benzene rings is 1. The van der Waals surface area contributed by atoms with Crippen molar-refractivity contribution in [3.8, 4) is 5.75 Å². The van der Waals surface area contributed by atoms with Crippen molar-refractivity contribution in [2.24, 2.45) is 7.05 Å². The number of rotatable bonds is 5. The van der Waals surface area contributed by atoms with Crippen LogP contribution in [0.25, 0.3) is 0 Å². The normalized spacial score (nSPS) is 12.4. The second-order valence-electron chi connectivity index (χ2n) is 4.48. The summed E-state index contributed by atoms with van der Waals surface area (Å²) >= 11 is 3.50. The van der Waals surface area contributed by atoms with E-state index < -0.39 is 0 Å². The highest BCUT2D eigenvalue weighted by atomic mass is 79.9. The van der Waals surface area contributed by atoms with Crippen molar-refractivity contribution in [1.29, 1.82) is 0 Å². The maximum atomic E-state index is 5.92. The summed E-state index contributed by atoms with van der Waals surface area (Å²) < 4.78 is 8.93. The lowest BCUT2D eigenvalue weighted by Crippen LogP contribution is -2.14. The van der Waals surface area contributed by atoms with Crippen molar-refractivity contribution in [3.05, 3.63) is 46.5 Å². The second-order valence-corrected chi connectivity index (χ2v) is 5.39. The summed E-state index contributed by atoms with van der Waals surface area (Å²) in [5, 5.41) is 3.24. The number of imidazole rings is 1. The number of hydrogen-bond donors (Lipinski definition) is 1. The molecule has 0 amide bonds. The minimum Gasteiger partial charge on any atom is -0.487 e. The quantitative estimate of drug-likeness (QED) is 0.919. The molecule has 4 nitrogen and oxygen atoms in total. The Kier molecular flexibility index (Phi) is 4.61. The largest absolute Gasteiger partial charge is 0.487 e. The molecule has 2 aromatic rings. The predicted octanol–water partition coefficient (Wildman–Crippen LogP) is 3.04. The first-order valence-corrected chi connectivity index (χ1v) is 6.96. The molecule has 0 saturated heterocycles. The summed E-state index contributed by atoms with van der Waals surface area (Å²) in [6.07, 6.45) is 3.59. The molecule has 1 N–H and O–H groups in total. The van der Waals surface area contributed by atoms with Crippen LogP contribution in [0, 0.1) is 0 Å². The zero-order chi connectivity index (χ0) is 13.8. The molecule has 1 atom stereocenters. The van der Waals surface area contributed by atoms with Gasteiger partial charge in [-0.15, -0.1) is 0 Å². The fourth-order valence-electron chi connectivity index (χ4n) is 1.82. The number of nitrogens with one attached hydrogen (secondary N) is 1. The number of aromatic nitrogens is 2. The van der Waals surface area contributed by atoms with Gasteiger partial charge < -0.3 is 14.6 Å². The summed E-state index contributed by atoms with van der Waals surface area (Å²) in [5.41, 5.74) is 2.19. The van der Waals surface area contributed by atoms with E-state index >= 15 is 0 Å². The Morgan fingerprint density at radius 3 is 2.89 bits per heavy atom. The first kappa shape index (κ1) is 14.1. The Balaban J connectivity index is 2.18. The molecule has 0 aliphatic carbocycles. The molecule has 1 aromatic heterocycles. The number of nitrogens with zero attached hydrogens (tertiary/aromatic N) is 2. The first-order valence-electron chi connectivity index (χ1n) is 6.16. The summed E-state index contributed by atoms with van der Waals surface area (Å²) in [6, 6.07) is 6.30. The SMILES string of the molecule is CNC(C)c1cc(Br)ccc1OCc1cncn1C. The lowest BCUT2D eigenvalue weighted by molar-refractivity contribution is 0.291. The average Bonchev–Trinajstić information content (AvgIpc) is 2.82. The molecule has 0 aliphatic heterocycles. The molecule has 5 heteroatoms. The summed E-state index contributed by atoms with van der Waals surface area (Å²) in [6.45, 7) is 2.63. The standard InChI is InChI=1S/C14H18BrN3O/c1-10(16-2)13-6-11(15)4-5-14(13)19-8-12-7-17-9-18(12)3/h4-7,9-10,16H,8H2,1-3H3. The molecule has 19 heavy (non-hydrogen) atoms. The van der Waals surface area contributed by atoms with Gasteiger partial charge in [0, 0.05) is 23.1 Å². The van der Waals surface area contributed by atoms with E-state index in [4.69, 9.17) is 4.74 Å². The average molecular weight is 324 g/mol. The van der Waals surface area contributed by atoms with Crippen LogP contribution in [0.15, 0.2) is 35.2 Å². The maximum absolute atomic E-state index is 5.92. The van der Waals surface area contributed by atoms with Gasteiger partial charge in [-0.2, -0.15) is 0 Å². The topological polar surface area (TPSA) is 39.1 Å². The van der Waals surface area contributed by atoms with Crippen LogP contribution in [-0.4, -0.2) is 16.6 Å². The molecule has 0 bridgehead atoms. The molecule has 1 heterocycles. The van der Waals surface area contributed by atoms with Gasteiger partial charge in [-0.05, 0) is 32.2 Å². The van der Waals surface area contributed by atoms with Crippen LogP contribution in [0.5, 0.6) is 5.75 Å². The van der Waals surface area contributed by atoms with E-state index in [0.717, 1.165) is 21.5 Å². The predicted molar refractivity (Wildman–Crippen MR) is 79.2 cm³/mol. The molecule has 1 aromatic carbocycles. The minimum atomic E-state index is 0.235. The molecule has 0 spiro atoms. The molecule has 2 rings (SSSR count). The Hall–Kier alpha value is -1.33. The van der Waals surface area contributed by atoms with Gasteiger partial charge in [-0.1, -0.05) is 15.9 Å². The fraction of sp³-hybridized carbons (Fsp3) is 0.357. The molecule has 0 radical (unpaired) electrons. The van der Waals surface area contributed by atoms with Crippen molar-refractivity contribution >= 4 is 15.9 Å². The molecule has 0 aliphatic rings. The Morgan fingerprint density at radius 2 is 2.26 bits per heavy atom. The molecule has 0 fully saturated rings. The molecular weight excluding hydrogens is 306 g/mol. The smallest absolute Gasteiger partial charge is 0.130 e. The molecule has 0 saturated carbocycles. The van der Waals surface area contributed by atoms with Gasteiger partial charge in [0.1, 0.15) is 12.4 Å². The monoisotopic (exact) mass is 323 g/mol. The highest BCUT2D eigenvalue weighted by molar-refractivity contribution is 9.10. The number of hydrogen-bond acceptors (Lipinski definition) is 3. The Morgan fingerprint density at radius 1 is 1.47 bits per heavy atom. The van der Waals surface area contributed by atoms with Gasteiger partial charge >= 0.3 is 0 Å². The van der Waals surface area contributed by atoms with E-state index in [1.807, 2.05) is 37.0 Å². The van der Waals surface area contributed by atoms with Crippen LogP contribution in [0.2, 0.25) is 0 Å². The van der Waals surface area contributed by atoms with E-state index in [1.165, 1.54) is 0 Å². The van der Waals surface area contributed by atoms with Crippen LogP contribution in [0.3, 0.4) is 0 Å². The number of ether oxygens (including phenoxy) is 1. The maximum Gasteiger partial charge on any atom is 0.130 e. The summed E-state index contributed by atoms with van der Waals surface area (Å²) in [7, 11) is 3.90. The summed E-state index contributed by atoms with van der Waals surface area (Å²) in [4.78, 5) is 4.08. The number of halogens is 1. The van der Waals surface area contributed by atoms with Crippen molar-refractivity contribution < 1.29 is 4.74 Å². The van der Waals surface area contributed by atoms with E-state index in [1.54, 1.807) is 6.33 Å². The summed E-state index contributed by atoms with van der Waals surface area (Å²) in [5.74, 6) is 0.895. The van der Waals surface area contributed by atoms with Gasteiger partial charge in [-0.25, -0.2) is 4.98 Å². The van der Waals surface area contributed by atoms with Crippen molar-refractivity contribution in [2.45, 2.75) is 19.6 Å². The number of aryl methyl sites for hydroxylation is 1. The fourth-order valence-corrected chi connectivity index (χ4v) is 2.20. The third-order valence-corrected chi connectivity index (χ3v) is 3.66. The van der Waals surface area contributed by atoms with Gasteiger partial charge in [-0.3, -0.25) is 0 Å². The van der Waals surface area contributed by atoms with Crippen LogP contribution in [-0.2, 0) is 13.7 Å². The van der Waals surface area contributed by atoms with E-state index in [9.17, 15) is 0 Å². The molecule has 102 valence electrons. The zero-order valence-corrected chi connectivity index (χ0v) is 12.9. The van der Waals surface area contributed by atoms with Crippen LogP contribution < -0.4 is 10.1 Å². The van der Waals surface area contributed by atoms with Crippen LogP contribution in [0.4, 0.5) is 0 Å². The van der Waals surface area contributed by atoms with Crippen molar-refractivity contribution in [2.75, 3.05) is 7.05 Å². The van der Waals surface area contributed by atoms with E-state index in [0.29, 0.717) is 6.61 Å². The Bertz CT molecular complexity index is 553. The second kappa shape index (κ2) is 6.21. The van der Waals surface area contributed by atoms with Gasteiger partial charge in [0.15, 0.2) is 0 Å². The van der Waals surface area contributed by atoms with Crippen LogP contribution >= 0.6 is 15.9 Å². The van der Waals surface area contributed by atoms with Gasteiger partial charge in [0.05, 0.1) is 18.2 Å². The zero-order valence-electron chi connectivity index (χ0n) is 11.4. The first-order chi connectivity index (χ1) is 9.11. The minimum absolute atomic E-state index is 0.235. The third kappa shape index (κ3) is 3.36. The van der Waals surface area contributed by atoms with E-state index in [-0.39, 0.29) is 6.04 Å². The lowest BCUT2D eigenvalue weighted by atomic mass is 10.1. The van der Waals surface area contributed by atoms with Crippen LogP contribution in [0.1, 0.15) is 24.2 Å². The lowest BCUT2D eigenvalue weighted by Gasteiger charge is -2.17.